The Balaban J connectivity index is 3.24. The summed E-state index contributed by atoms with van der Waals surface area (Å²) >= 11 is 8.75. The lowest BCUT2D eigenvalue weighted by atomic mass is 10.1. The van der Waals surface area contributed by atoms with Gasteiger partial charge in [-0.1, -0.05) is 27.5 Å². The number of hydrogen-bond acceptors (Lipinski definition) is 2. The molecule has 1 aromatic heterocycles. The van der Waals surface area contributed by atoms with Crippen LogP contribution in [0.2, 0.25) is 5.02 Å². The molecule has 15 heavy (non-hydrogen) atoms. The minimum Gasteiger partial charge on any atom is -0.249 e. The molecule has 0 aliphatic rings. The van der Waals surface area contributed by atoms with Gasteiger partial charge in [0.1, 0.15) is 5.69 Å². The minimum atomic E-state index is -2.70. The van der Waals surface area contributed by atoms with Gasteiger partial charge in [-0.3, -0.25) is 0 Å². The summed E-state index contributed by atoms with van der Waals surface area (Å²) < 4.78 is 24.9. The molecule has 0 bridgehead atoms. The molecule has 1 heterocycles. The molecule has 0 aliphatic carbocycles. The molecule has 80 valence electrons. The summed E-state index contributed by atoms with van der Waals surface area (Å²) in [6, 6.07) is 3.30. The van der Waals surface area contributed by atoms with Crippen LogP contribution >= 0.6 is 27.5 Å². The zero-order valence-corrected chi connectivity index (χ0v) is 9.82. The van der Waals surface area contributed by atoms with Crippen molar-refractivity contribution >= 4 is 27.5 Å². The maximum Gasteiger partial charge on any atom is 0.281 e. The van der Waals surface area contributed by atoms with Crippen LogP contribution in [0.3, 0.4) is 0 Å². The maximum absolute atomic E-state index is 12.4. The van der Waals surface area contributed by atoms with Crippen LogP contribution in [0.25, 0.3) is 0 Å². The second-order valence-electron chi connectivity index (χ2n) is 2.73. The van der Waals surface area contributed by atoms with Crippen molar-refractivity contribution in [2.75, 3.05) is 0 Å². The van der Waals surface area contributed by atoms with Crippen molar-refractivity contribution in [3.05, 3.63) is 28.0 Å². The Labute approximate surface area is 99.0 Å². The number of aromatic nitrogens is 1. The van der Waals surface area contributed by atoms with Gasteiger partial charge < -0.3 is 0 Å². The van der Waals surface area contributed by atoms with E-state index in [9.17, 15) is 8.78 Å². The van der Waals surface area contributed by atoms with Crippen molar-refractivity contribution in [1.29, 1.82) is 5.26 Å². The number of pyridine rings is 1. The number of rotatable bonds is 3. The molecule has 0 aliphatic heterocycles. The summed E-state index contributed by atoms with van der Waals surface area (Å²) in [4.78, 5) is 3.73. The zero-order chi connectivity index (χ0) is 11.4. The van der Waals surface area contributed by atoms with Crippen molar-refractivity contribution in [3.8, 4) is 6.07 Å². The molecule has 0 fully saturated rings. The molecule has 0 amide bonds. The summed E-state index contributed by atoms with van der Waals surface area (Å²) in [5.41, 5.74) is 0.563. The van der Waals surface area contributed by atoms with E-state index in [-0.39, 0.29) is 11.4 Å². The Hall–Kier alpha value is -0.730. The number of hydrogen-bond donors (Lipinski definition) is 0. The van der Waals surface area contributed by atoms with Crippen molar-refractivity contribution < 1.29 is 8.78 Å². The van der Waals surface area contributed by atoms with Crippen molar-refractivity contribution in [3.63, 3.8) is 0 Å². The molecule has 0 saturated carbocycles. The predicted octanol–water partition coefficient (Wildman–Crippen LogP) is 3.63. The van der Waals surface area contributed by atoms with Crippen LogP contribution in [0.5, 0.6) is 0 Å². The van der Waals surface area contributed by atoms with E-state index in [0.29, 0.717) is 16.6 Å². The Morgan fingerprint density at radius 2 is 2.27 bits per heavy atom. The predicted molar refractivity (Wildman–Crippen MR) is 56.2 cm³/mol. The fourth-order valence-electron chi connectivity index (χ4n) is 1.09. The SMILES string of the molecule is N#CCc1cc(Cl)c(C(F)F)nc1CBr. The highest BCUT2D eigenvalue weighted by Crippen LogP contribution is 2.28. The van der Waals surface area contributed by atoms with Gasteiger partial charge in [0.2, 0.25) is 0 Å². The van der Waals surface area contributed by atoms with Gasteiger partial charge in [0.05, 0.1) is 23.2 Å². The first-order chi connectivity index (χ1) is 7.10. The molecule has 0 spiro atoms. The zero-order valence-electron chi connectivity index (χ0n) is 7.48. The van der Waals surface area contributed by atoms with E-state index in [1.165, 1.54) is 6.07 Å². The molecule has 6 heteroatoms. The van der Waals surface area contributed by atoms with Gasteiger partial charge in [-0.15, -0.1) is 0 Å². The summed E-state index contributed by atoms with van der Waals surface area (Å²) in [5, 5.41) is 8.75. The summed E-state index contributed by atoms with van der Waals surface area (Å²) in [5.74, 6) is 0. The van der Waals surface area contributed by atoms with Crippen molar-refractivity contribution in [2.24, 2.45) is 0 Å². The third-order valence-corrected chi connectivity index (χ3v) is 2.61. The third-order valence-electron chi connectivity index (χ3n) is 1.77. The Morgan fingerprint density at radius 3 is 2.73 bits per heavy atom. The summed E-state index contributed by atoms with van der Waals surface area (Å²) in [7, 11) is 0. The van der Waals surface area contributed by atoms with Gasteiger partial charge in [0.25, 0.3) is 6.43 Å². The minimum absolute atomic E-state index is 0.0973. The lowest BCUT2D eigenvalue weighted by molar-refractivity contribution is 0.146. The third kappa shape index (κ3) is 2.86. The Morgan fingerprint density at radius 1 is 1.60 bits per heavy atom. The van der Waals surface area contributed by atoms with Crippen LogP contribution in [0, 0.1) is 11.3 Å². The van der Waals surface area contributed by atoms with Crippen LogP contribution in [-0.4, -0.2) is 4.98 Å². The summed E-state index contributed by atoms with van der Waals surface area (Å²) in [6.07, 6.45) is -2.59. The Bertz CT molecular complexity index is 404. The van der Waals surface area contributed by atoms with Crippen LogP contribution in [0.15, 0.2) is 6.07 Å². The fourth-order valence-corrected chi connectivity index (χ4v) is 1.83. The monoisotopic (exact) mass is 294 g/mol. The Kier molecular flexibility index (Phi) is 4.43. The van der Waals surface area contributed by atoms with Gasteiger partial charge in [0, 0.05) is 5.33 Å². The first-order valence-electron chi connectivity index (χ1n) is 3.99. The molecular weight excluding hydrogens is 289 g/mol. The molecule has 2 nitrogen and oxygen atoms in total. The second kappa shape index (κ2) is 5.38. The molecular formula is C9H6BrClF2N2. The van der Waals surface area contributed by atoms with Gasteiger partial charge >= 0.3 is 0 Å². The van der Waals surface area contributed by atoms with Crippen molar-refractivity contribution in [2.45, 2.75) is 18.2 Å². The van der Waals surface area contributed by atoms with Gasteiger partial charge in [-0.2, -0.15) is 5.26 Å². The van der Waals surface area contributed by atoms with E-state index >= 15 is 0 Å². The largest absolute Gasteiger partial charge is 0.281 e. The topological polar surface area (TPSA) is 36.7 Å². The second-order valence-corrected chi connectivity index (χ2v) is 3.70. The number of halogens is 4. The van der Waals surface area contributed by atoms with E-state index < -0.39 is 12.1 Å². The van der Waals surface area contributed by atoms with Crippen molar-refractivity contribution in [1.82, 2.24) is 4.98 Å². The van der Waals surface area contributed by atoms with Crippen LogP contribution < -0.4 is 0 Å². The first kappa shape index (κ1) is 12.3. The van der Waals surface area contributed by atoms with Crippen LogP contribution in [-0.2, 0) is 11.8 Å². The quantitative estimate of drug-likeness (QED) is 0.798. The molecule has 0 N–H and O–H groups in total. The molecule has 1 rings (SSSR count). The maximum atomic E-state index is 12.4. The average Bonchev–Trinajstić information content (AvgIpc) is 2.18. The van der Waals surface area contributed by atoms with Crippen LogP contribution in [0.4, 0.5) is 8.78 Å². The van der Waals surface area contributed by atoms with Crippen LogP contribution in [0.1, 0.15) is 23.4 Å². The molecule has 1 aromatic rings. The highest BCUT2D eigenvalue weighted by atomic mass is 79.9. The standard InChI is InChI=1S/C9H6BrClF2N2/c10-4-7-5(1-2-14)3-6(11)8(15-7)9(12)13/h3,9H,1,4H2. The van der Waals surface area contributed by atoms with E-state index in [4.69, 9.17) is 16.9 Å². The normalized spacial score (nSPS) is 10.4. The number of nitriles is 1. The van der Waals surface area contributed by atoms with Gasteiger partial charge in [0.15, 0.2) is 0 Å². The molecule has 0 aromatic carbocycles. The molecule has 0 unspecified atom stereocenters. The molecule has 0 saturated heterocycles. The van der Waals surface area contributed by atoms with Gasteiger partial charge in [-0.25, -0.2) is 13.8 Å². The summed E-state index contributed by atoms with van der Waals surface area (Å²) in [6.45, 7) is 0. The molecule has 0 radical (unpaired) electrons. The average molecular weight is 296 g/mol. The van der Waals surface area contributed by atoms with E-state index in [1.807, 2.05) is 6.07 Å². The number of nitrogens with zero attached hydrogens (tertiary/aromatic N) is 2. The van der Waals surface area contributed by atoms with E-state index in [1.54, 1.807) is 0 Å². The highest BCUT2D eigenvalue weighted by Gasteiger charge is 2.17. The fraction of sp³-hybridized carbons (Fsp3) is 0.333. The lowest BCUT2D eigenvalue weighted by Gasteiger charge is -2.08. The van der Waals surface area contributed by atoms with E-state index in [0.717, 1.165) is 0 Å². The lowest BCUT2D eigenvalue weighted by Crippen LogP contribution is -2.01. The van der Waals surface area contributed by atoms with E-state index in [2.05, 4.69) is 20.9 Å². The smallest absolute Gasteiger partial charge is 0.249 e. The highest BCUT2D eigenvalue weighted by molar-refractivity contribution is 9.08. The molecule has 0 atom stereocenters. The number of alkyl halides is 3. The van der Waals surface area contributed by atoms with Gasteiger partial charge in [-0.05, 0) is 11.6 Å². The first-order valence-corrected chi connectivity index (χ1v) is 5.49.